The summed E-state index contributed by atoms with van der Waals surface area (Å²) < 4.78 is 6.35. The largest absolute Gasteiger partial charge is 0.456 e. The second-order valence-electron chi connectivity index (χ2n) is 19.0. The van der Waals surface area contributed by atoms with Gasteiger partial charge in [-0.1, -0.05) is 219 Å². The van der Waals surface area contributed by atoms with Gasteiger partial charge < -0.3 is 4.42 Å². The molecule has 2 unspecified atom stereocenters. The molecular formula is C66H50O. The van der Waals surface area contributed by atoms with Crippen LogP contribution in [0.5, 0.6) is 0 Å². The lowest BCUT2D eigenvalue weighted by Gasteiger charge is -2.35. The van der Waals surface area contributed by atoms with Gasteiger partial charge in [0.1, 0.15) is 11.2 Å². The molecule has 2 atom stereocenters. The number of para-hydroxylation sites is 1. The molecule has 2 aliphatic rings. The van der Waals surface area contributed by atoms with Gasteiger partial charge in [0.15, 0.2) is 0 Å². The molecule has 10 aromatic carbocycles. The van der Waals surface area contributed by atoms with Crippen molar-refractivity contribution in [2.75, 3.05) is 0 Å². The fraction of sp³-hybridized carbons (Fsp3) is 0.121. The van der Waals surface area contributed by atoms with Crippen molar-refractivity contribution >= 4 is 32.7 Å². The number of aryl methyl sites for hydroxylation is 1. The molecule has 0 saturated carbocycles. The maximum atomic E-state index is 6.35. The molecule has 0 bridgehead atoms. The minimum absolute atomic E-state index is 0.193. The molecular weight excluding hydrogens is 809 g/mol. The lowest BCUT2D eigenvalue weighted by Crippen LogP contribution is -2.29. The number of hydrogen-bond acceptors (Lipinski definition) is 1. The number of benzene rings is 10. The van der Waals surface area contributed by atoms with Crippen molar-refractivity contribution in [2.24, 2.45) is 0 Å². The molecule has 1 heteroatoms. The van der Waals surface area contributed by atoms with Gasteiger partial charge in [0.2, 0.25) is 0 Å². The Balaban J connectivity index is 0.996. The van der Waals surface area contributed by atoms with Gasteiger partial charge in [-0.05, 0) is 138 Å². The van der Waals surface area contributed by atoms with E-state index in [2.05, 4.69) is 237 Å². The first-order valence-corrected chi connectivity index (χ1v) is 24.1. The van der Waals surface area contributed by atoms with E-state index in [1.54, 1.807) is 0 Å². The Morgan fingerprint density at radius 1 is 0.448 bits per heavy atom. The van der Waals surface area contributed by atoms with Crippen LogP contribution in [-0.4, -0.2) is 0 Å². The smallest absolute Gasteiger partial charge is 0.135 e. The highest BCUT2D eigenvalue weighted by atomic mass is 16.3. The number of hydrogen-bond donors (Lipinski definition) is 0. The first kappa shape index (κ1) is 39.6. The Morgan fingerprint density at radius 2 is 1.01 bits per heavy atom. The van der Waals surface area contributed by atoms with Gasteiger partial charge in [-0.25, -0.2) is 0 Å². The van der Waals surface area contributed by atoms with Crippen molar-refractivity contribution < 1.29 is 4.42 Å². The predicted octanol–water partition coefficient (Wildman–Crippen LogP) is 17.0. The van der Waals surface area contributed by atoms with Crippen molar-refractivity contribution in [1.29, 1.82) is 0 Å². The van der Waals surface area contributed by atoms with E-state index in [-0.39, 0.29) is 11.8 Å². The minimum Gasteiger partial charge on any atom is -0.456 e. The first-order valence-electron chi connectivity index (χ1n) is 24.1. The highest BCUT2D eigenvalue weighted by Gasteiger charge is 2.47. The summed E-state index contributed by atoms with van der Waals surface area (Å²) >= 11 is 0. The zero-order valence-electron chi connectivity index (χ0n) is 37.7. The monoisotopic (exact) mass is 858 g/mol. The third kappa shape index (κ3) is 6.29. The third-order valence-corrected chi connectivity index (χ3v) is 15.6. The van der Waals surface area contributed by atoms with Crippen molar-refractivity contribution in [1.82, 2.24) is 0 Å². The van der Waals surface area contributed by atoms with Crippen LogP contribution in [0.25, 0.3) is 55.0 Å². The predicted molar refractivity (Wildman–Crippen MR) is 278 cm³/mol. The summed E-state index contributed by atoms with van der Waals surface area (Å²) in [7, 11) is 0. The Hall–Kier alpha value is -7.74. The molecule has 0 amide bonds. The van der Waals surface area contributed by atoms with E-state index in [0.717, 1.165) is 30.4 Å². The van der Waals surface area contributed by atoms with Crippen molar-refractivity contribution in [3.05, 3.63) is 286 Å². The van der Waals surface area contributed by atoms with Gasteiger partial charge in [-0.3, -0.25) is 0 Å². The molecule has 13 rings (SSSR count). The van der Waals surface area contributed by atoms with E-state index in [4.69, 9.17) is 4.42 Å². The summed E-state index contributed by atoms with van der Waals surface area (Å²) in [6.45, 7) is 2.45. The minimum atomic E-state index is -0.544. The van der Waals surface area contributed by atoms with Crippen LogP contribution < -0.4 is 0 Å². The number of furan rings is 1. The maximum absolute atomic E-state index is 6.35. The lowest BCUT2D eigenvalue weighted by atomic mass is 9.66. The highest BCUT2D eigenvalue weighted by molar-refractivity contribution is 6.06. The molecule has 2 aliphatic carbocycles. The summed E-state index contributed by atoms with van der Waals surface area (Å²) in [6, 6.07) is 86.6. The average Bonchev–Trinajstić information content (AvgIpc) is 4.03. The topological polar surface area (TPSA) is 13.1 Å². The molecule has 0 aliphatic heterocycles. The van der Waals surface area contributed by atoms with Crippen LogP contribution >= 0.6 is 0 Å². The third-order valence-electron chi connectivity index (χ3n) is 15.6. The van der Waals surface area contributed by atoms with Crippen molar-refractivity contribution in [3.63, 3.8) is 0 Å². The molecule has 0 spiro atoms. The van der Waals surface area contributed by atoms with Crippen LogP contribution in [0.15, 0.2) is 235 Å². The second-order valence-corrected chi connectivity index (χ2v) is 19.0. The number of rotatable bonds is 10. The average molecular weight is 859 g/mol. The normalized spacial score (nSPS) is 14.5. The van der Waals surface area contributed by atoms with E-state index in [1.165, 1.54) is 99.4 Å². The molecule has 0 saturated heterocycles. The van der Waals surface area contributed by atoms with E-state index in [0.29, 0.717) is 5.92 Å². The van der Waals surface area contributed by atoms with Crippen LogP contribution in [-0.2, 0) is 18.3 Å². The van der Waals surface area contributed by atoms with Crippen molar-refractivity contribution in [3.8, 4) is 22.3 Å². The zero-order valence-corrected chi connectivity index (χ0v) is 37.7. The molecule has 0 fully saturated rings. The van der Waals surface area contributed by atoms with E-state index in [9.17, 15) is 0 Å². The Morgan fingerprint density at radius 3 is 1.72 bits per heavy atom. The van der Waals surface area contributed by atoms with Gasteiger partial charge >= 0.3 is 0 Å². The fourth-order valence-electron chi connectivity index (χ4n) is 12.5. The van der Waals surface area contributed by atoms with Gasteiger partial charge in [-0.2, -0.15) is 0 Å². The lowest BCUT2D eigenvalue weighted by molar-refractivity contribution is 0.571. The summed E-state index contributed by atoms with van der Waals surface area (Å²) in [6.07, 6.45) is 2.93. The van der Waals surface area contributed by atoms with Gasteiger partial charge in [0.25, 0.3) is 0 Å². The molecule has 67 heavy (non-hydrogen) atoms. The SMILES string of the molecule is CC(c1ccc2c(c1)C(c1ccccc1)(c1ccccc1)c1cc(CCC3c4ccccc4-c4ccccc43)c3ccccc3c1-2)C(Cc1ccccc1)c1ccc2oc3ccccc3c2c1. The summed E-state index contributed by atoms with van der Waals surface area (Å²) in [5, 5.41) is 5.03. The number of fused-ring (bicyclic) bond motifs is 11. The van der Waals surface area contributed by atoms with E-state index >= 15 is 0 Å². The fourth-order valence-corrected chi connectivity index (χ4v) is 12.5. The Bertz CT molecular complexity index is 3550. The maximum Gasteiger partial charge on any atom is 0.135 e. The van der Waals surface area contributed by atoms with E-state index < -0.39 is 5.41 Å². The second kappa shape index (κ2) is 16.0. The van der Waals surface area contributed by atoms with Crippen LogP contribution in [0.4, 0.5) is 0 Å². The van der Waals surface area contributed by atoms with Crippen LogP contribution in [0.2, 0.25) is 0 Å². The standard InChI is InChI=1S/C66H50O/c1-43(59(39-44-19-5-2-6-20-44)46-35-38-64-60(40-46)56-30-17-18-32-63(56)67-64)45-33-37-58-61(41-45)66(48-21-7-3-8-22-48,49-23-9-4-10-24-49)62-42-47(50-25-11-16-31-57(50)65(58)62)34-36-55-53-28-14-12-26-51(53)52-27-13-15-29-54(52)55/h2-33,35,37-38,40-43,55,59H,34,36,39H2,1H3. The summed E-state index contributed by atoms with van der Waals surface area (Å²) in [5.74, 6) is 0.757. The van der Waals surface area contributed by atoms with Crippen LogP contribution in [0.3, 0.4) is 0 Å². The summed E-state index contributed by atoms with van der Waals surface area (Å²) in [4.78, 5) is 0. The molecule has 1 aromatic heterocycles. The van der Waals surface area contributed by atoms with Crippen LogP contribution in [0, 0.1) is 0 Å². The molecule has 0 radical (unpaired) electrons. The molecule has 0 N–H and O–H groups in total. The van der Waals surface area contributed by atoms with Crippen LogP contribution in [0.1, 0.15) is 86.7 Å². The van der Waals surface area contributed by atoms with Gasteiger partial charge in [0.05, 0.1) is 5.41 Å². The Kier molecular flexibility index (Phi) is 9.46. The van der Waals surface area contributed by atoms with Crippen molar-refractivity contribution in [2.45, 2.75) is 49.4 Å². The quantitative estimate of drug-likeness (QED) is 0.134. The molecule has 320 valence electrons. The molecule has 11 aromatic rings. The highest BCUT2D eigenvalue weighted by Crippen LogP contribution is 2.59. The summed E-state index contributed by atoms with van der Waals surface area (Å²) in [5.41, 5.74) is 20.5. The first-order chi connectivity index (χ1) is 33.1. The van der Waals surface area contributed by atoms with Gasteiger partial charge in [-0.15, -0.1) is 0 Å². The zero-order chi connectivity index (χ0) is 44.5. The molecule has 1 nitrogen and oxygen atoms in total. The van der Waals surface area contributed by atoms with E-state index in [1.807, 2.05) is 0 Å². The Labute approximate surface area is 393 Å². The molecule has 1 heterocycles. The van der Waals surface area contributed by atoms with Gasteiger partial charge in [0, 0.05) is 16.7 Å².